The van der Waals surface area contributed by atoms with Gasteiger partial charge in [0.05, 0.1) is 6.54 Å². The van der Waals surface area contributed by atoms with E-state index >= 15 is 0 Å². The lowest BCUT2D eigenvalue weighted by molar-refractivity contribution is -0.139. The number of benzene rings is 2. The molecule has 3 fully saturated rings. The van der Waals surface area contributed by atoms with E-state index in [4.69, 9.17) is 0 Å². The standard InChI is InChI=1S/C25H30FN5O2/c1-15-12-29(19-10-9-16(2)17(3)11-19)24-27-22-21(30(24)13-15)23(32)31(25(33)28(22)4)14-18-7-5-6-8-20(18)26/h5-11,15,21-22,24,27H,12-14H2,1-4H3. The molecule has 3 aliphatic heterocycles. The molecule has 5 rings (SSSR count). The first kappa shape index (κ1) is 21.9. The second kappa shape index (κ2) is 8.11. The van der Waals surface area contributed by atoms with Gasteiger partial charge in [-0.3, -0.25) is 19.9 Å². The molecule has 0 saturated carbocycles. The van der Waals surface area contributed by atoms with Crippen molar-refractivity contribution in [2.24, 2.45) is 5.92 Å². The van der Waals surface area contributed by atoms with Gasteiger partial charge in [-0.15, -0.1) is 0 Å². The van der Waals surface area contributed by atoms with Crippen molar-refractivity contribution in [2.45, 2.75) is 45.8 Å². The van der Waals surface area contributed by atoms with Crippen LogP contribution in [-0.2, 0) is 11.3 Å². The molecule has 2 aromatic carbocycles. The number of hydrogen-bond donors (Lipinski definition) is 1. The lowest BCUT2D eigenvalue weighted by atomic mass is 10.0. The van der Waals surface area contributed by atoms with E-state index in [9.17, 15) is 14.0 Å². The quantitative estimate of drug-likeness (QED) is 0.778. The van der Waals surface area contributed by atoms with E-state index in [-0.39, 0.29) is 18.7 Å². The third-order valence-corrected chi connectivity index (χ3v) is 7.19. The van der Waals surface area contributed by atoms with Crippen LogP contribution in [0.2, 0.25) is 0 Å². The van der Waals surface area contributed by atoms with Gasteiger partial charge < -0.3 is 9.80 Å². The zero-order chi connectivity index (χ0) is 23.4. The van der Waals surface area contributed by atoms with E-state index < -0.39 is 24.1 Å². The summed E-state index contributed by atoms with van der Waals surface area (Å²) in [5.41, 5.74) is 3.87. The minimum atomic E-state index is -0.527. The molecular formula is C25H30FN5O2. The molecule has 3 amide bonds. The van der Waals surface area contributed by atoms with Crippen LogP contribution in [0.3, 0.4) is 0 Å². The molecule has 0 aliphatic carbocycles. The predicted octanol–water partition coefficient (Wildman–Crippen LogP) is 2.88. The number of amides is 3. The first-order valence-corrected chi connectivity index (χ1v) is 11.4. The van der Waals surface area contributed by atoms with Crippen LogP contribution in [0.15, 0.2) is 42.5 Å². The van der Waals surface area contributed by atoms with Crippen LogP contribution in [0.1, 0.15) is 23.6 Å². The average Bonchev–Trinajstić information content (AvgIpc) is 3.17. The van der Waals surface area contributed by atoms with Gasteiger partial charge in [0.1, 0.15) is 24.3 Å². The van der Waals surface area contributed by atoms with E-state index in [1.165, 1.54) is 22.1 Å². The molecule has 7 nitrogen and oxygen atoms in total. The van der Waals surface area contributed by atoms with Gasteiger partial charge in [-0.1, -0.05) is 31.2 Å². The average molecular weight is 452 g/mol. The second-order valence-corrected chi connectivity index (χ2v) is 9.56. The Morgan fingerprint density at radius 2 is 1.82 bits per heavy atom. The fraction of sp³-hybridized carbons (Fsp3) is 0.440. The van der Waals surface area contributed by atoms with Crippen LogP contribution >= 0.6 is 0 Å². The van der Waals surface area contributed by atoms with Gasteiger partial charge in [-0.2, -0.15) is 0 Å². The number of carbonyl (C=O) groups excluding carboxylic acids is 2. The summed E-state index contributed by atoms with van der Waals surface area (Å²) >= 11 is 0. The van der Waals surface area contributed by atoms with Crippen LogP contribution < -0.4 is 10.2 Å². The van der Waals surface area contributed by atoms with Crippen LogP contribution in [0.5, 0.6) is 0 Å². The van der Waals surface area contributed by atoms with Crippen molar-refractivity contribution in [3.63, 3.8) is 0 Å². The molecule has 0 bridgehead atoms. The number of hydrogen-bond acceptors (Lipinski definition) is 5. The Morgan fingerprint density at radius 3 is 2.55 bits per heavy atom. The minimum Gasteiger partial charge on any atom is -0.343 e. The first-order valence-electron chi connectivity index (χ1n) is 11.4. The fourth-order valence-corrected chi connectivity index (χ4v) is 5.27. The summed E-state index contributed by atoms with van der Waals surface area (Å²) in [5, 5.41) is 3.54. The highest BCUT2D eigenvalue weighted by Gasteiger charge is 2.56. The van der Waals surface area contributed by atoms with Crippen molar-refractivity contribution in [3.8, 4) is 0 Å². The molecular weight excluding hydrogens is 421 g/mol. The van der Waals surface area contributed by atoms with Crippen LogP contribution in [0.25, 0.3) is 0 Å². The number of urea groups is 1. The van der Waals surface area contributed by atoms with E-state index in [1.54, 1.807) is 30.1 Å². The highest BCUT2D eigenvalue weighted by atomic mass is 19.1. The van der Waals surface area contributed by atoms with Crippen LogP contribution in [0.4, 0.5) is 14.9 Å². The van der Waals surface area contributed by atoms with Gasteiger partial charge in [0.25, 0.3) is 5.91 Å². The van der Waals surface area contributed by atoms with Crippen molar-refractivity contribution >= 4 is 17.6 Å². The first-order chi connectivity index (χ1) is 15.8. The Kier molecular flexibility index (Phi) is 5.37. The number of aryl methyl sites for hydroxylation is 2. The third-order valence-electron chi connectivity index (χ3n) is 7.19. The number of likely N-dealkylation sites (N-methyl/N-ethyl adjacent to an activating group) is 1. The zero-order valence-corrected chi connectivity index (χ0v) is 19.5. The lowest BCUT2D eigenvalue weighted by Gasteiger charge is -2.46. The summed E-state index contributed by atoms with van der Waals surface area (Å²) in [4.78, 5) is 34.0. The van der Waals surface area contributed by atoms with Crippen molar-refractivity contribution in [1.82, 2.24) is 20.0 Å². The zero-order valence-electron chi connectivity index (χ0n) is 19.5. The molecule has 0 aromatic heterocycles. The highest BCUT2D eigenvalue weighted by molar-refractivity contribution is 6.00. The topological polar surface area (TPSA) is 59.1 Å². The number of nitrogens with zero attached hydrogens (tertiary/aromatic N) is 4. The maximum atomic E-state index is 14.3. The summed E-state index contributed by atoms with van der Waals surface area (Å²) in [5.74, 6) is -0.368. The van der Waals surface area contributed by atoms with Crippen molar-refractivity contribution in [3.05, 3.63) is 65.0 Å². The van der Waals surface area contributed by atoms with Gasteiger partial charge in [0.2, 0.25) is 0 Å². The molecule has 1 N–H and O–H groups in total. The van der Waals surface area contributed by atoms with E-state index in [0.29, 0.717) is 11.5 Å². The Hall–Kier alpha value is -2.97. The van der Waals surface area contributed by atoms with Gasteiger partial charge in [0.15, 0.2) is 0 Å². The largest absolute Gasteiger partial charge is 0.343 e. The summed E-state index contributed by atoms with van der Waals surface area (Å²) in [6, 6.07) is 11.7. The summed E-state index contributed by atoms with van der Waals surface area (Å²) < 4.78 is 14.3. The molecule has 0 spiro atoms. The fourth-order valence-electron chi connectivity index (χ4n) is 5.27. The van der Waals surface area contributed by atoms with Crippen molar-refractivity contribution in [2.75, 3.05) is 25.0 Å². The molecule has 174 valence electrons. The maximum Gasteiger partial charge on any atom is 0.328 e. The lowest BCUT2D eigenvalue weighted by Crippen LogP contribution is -2.66. The Bertz CT molecular complexity index is 1110. The number of rotatable bonds is 3. The van der Waals surface area contributed by atoms with Gasteiger partial charge >= 0.3 is 6.03 Å². The highest BCUT2D eigenvalue weighted by Crippen LogP contribution is 2.35. The molecule has 3 heterocycles. The molecule has 4 atom stereocenters. The molecule has 4 unspecified atom stereocenters. The van der Waals surface area contributed by atoms with Gasteiger partial charge in [-0.25, -0.2) is 9.18 Å². The Labute approximate surface area is 193 Å². The molecule has 2 aromatic rings. The van der Waals surface area contributed by atoms with Crippen LogP contribution in [-0.4, -0.2) is 65.3 Å². The van der Waals surface area contributed by atoms with E-state index in [1.807, 2.05) is 0 Å². The number of carbonyl (C=O) groups is 2. The third kappa shape index (κ3) is 3.57. The molecule has 33 heavy (non-hydrogen) atoms. The molecule has 8 heteroatoms. The van der Waals surface area contributed by atoms with Crippen LogP contribution in [0, 0.1) is 25.6 Å². The SMILES string of the molecule is Cc1ccc(N2CC(C)CN3C4C(=O)N(Cc5ccccc5F)C(=O)N(C)C4NC23)cc1C. The number of anilines is 1. The normalized spacial score (nSPS) is 27.7. The number of fused-ring (bicyclic) bond motifs is 3. The maximum absolute atomic E-state index is 14.3. The smallest absolute Gasteiger partial charge is 0.328 e. The summed E-state index contributed by atoms with van der Waals surface area (Å²) in [6.45, 7) is 7.88. The Balaban J connectivity index is 1.47. The Morgan fingerprint density at radius 1 is 1.06 bits per heavy atom. The number of nitrogens with one attached hydrogen (secondary N) is 1. The molecule has 3 saturated heterocycles. The number of imide groups is 1. The summed E-state index contributed by atoms with van der Waals surface area (Å²) in [6.07, 6.45) is -0.642. The van der Waals surface area contributed by atoms with E-state index in [2.05, 4.69) is 54.1 Å². The van der Waals surface area contributed by atoms with Crippen molar-refractivity contribution < 1.29 is 14.0 Å². The molecule has 3 aliphatic rings. The van der Waals surface area contributed by atoms with Crippen molar-refractivity contribution in [1.29, 1.82) is 0 Å². The predicted molar refractivity (Wildman–Crippen MR) is 124 cm³/mol. The van der Waals surface area contributed by atoms with Gasteiger partial charge in [0, 0.05) is 31.4 Å². The second-order valence-electron chi connectivity index (χ2n) is 9.56. The summed E-state index contributed by atoms with van der Waals surface area (Å²) in [7, 11) is 1.70. The van der Waals surface area contributed by atoms with Gasteiger partial charge in [-0.05, 0) is 49.1 Å². The number of halogens is 1. The minimum absolute atomic E-state index is 0.0766. The monoisotopic (exact) mass is 451 g/mol. The molecule has 0 radical (unpaired) electrons. The van der Waals surface area contributed by atoms with E-state index in [0.717, 1.165) is 18.8 Å².